The number of thiazole rings is 1. The predicted octanol–water partition coefficient (Wildman–Crippen LogP) is 1.52. The lowest BCUT2D eigenvalue weighted by Gasteiger charge is -2.30. The second kappa shape index (κ2) is 9.95. The van der Waals surface area contributed by atoms with E-state index in [1.54, 1.807) is 41.6 Å². The summed E-state index contributed by atoms with van der Waals surface area (Å²) in [5.74, 6) is -2.93. The minimum absolute atomic E-state index is 0.262. The van der Waals surface area contributed by atoms with Crippen LogP contribution in [0.5, 0.6) is 0 Å². The van der Waals surface area contributed by atoms with E-state index in [0.717, 1.165) is 29.7 Å². The van der Waals surface area contributed by atoms with E-state index < -0.39 is 39.1 Å². The molecule has 3 rings (SSSR count). The molecule has 1 aromatic carbocycles. The van der Waals surface area contributed by atoms with Crippen LogP contribution in [0.2, 0.25) is 0 Å². The molecule has 174 valence electrons. The molecule has 1 saturated heterocycles. The minimum atomic E-state index is -3.93. The summed E-state index contributed by atoms with van der Waals surface area (Å²) in [6, 6.07) is 4.99. The van der Waals surface area contributed by atoms with Crippen molar-refractivity contribution in [2.75, 3.05) is 31.2 Å². The molecule has 1 aliphatic heterocycles. The molecule has 1 fully saturated rings. The first kappa shape index (κ1) is 24.1. The SMILES string of the molecule is CCOC(=O)c1ccc2c(c1)sc(=NC(=O)CS(=O)(=O)CC(=O)N1CCCC(C)C1)n2C. The van der Waals surface area contributed by atoms with Crippen molar-refractivity contribution < 1.29 is 27.5 Å². The number of esters is 1. The topological polar surface area (TPSA) is 115 Å². The molecule has 0 bridgehead atoms. The Balaban J connectivity index is 1.74. The summed E-state index contributed by atoms with van der Waals surface area (Å²) < 4.78 is 32.2. The predicted molar refractivity (Wildman–Crippen MR) is 121 cm³/mol. The van der Waals surface area contributed by atoms with E-state index in [1.807, 2.05) is 6.92 Å². The molecule has 9 nitrogen and oxygen atoms in total. The number of carbonyl (C=O) groups is 3. The number of benzene rings is 1. The highest BCUT2D eigenvalue weighted by Gasteiger charge is 2.27. The van der Waals surface area contributed by atoms with Gasteiger partial charge in [-0.05, 0) is 43.9 Å². The lowest BCUT2D eigenvalue weighted by Crippen LogP contribution is -2.42. The van der Waals surface area contributed by atoms with Gasteiger partial charge in [0.25, 0.3) is 5.91 Å². The molecule has 11 heteroatoms. The van der Waals surface area contributed by atoms with Gasteiger partial charge in [0.1, 0.15) is 11.5 Å². The maximum absolute atomic E-state index is 12.4. The number of ether oxygens (including phenoxy) is 1. The van der Waals surface area contributed by atoms with Crippen molar-refractivity contribution in [1.82, 2.24) is 9.47 Å². The zero-order valence-corrected chi connectivity index (χ0v) is 20.0. The van der Waals surface area contributed by atoms with Gasteiger partial charge < -0.3 is 14.2 Å². The Hall–Kier alpha value is -2.53. The van der Waals surface area contributed by atoms with Crippen molar-refractivity contribution in [3.63, 3.8) is 0 Å². The molecule has 1 unspecified atom stereocenters. The number of fused-ring (bicyclic) bond motifs is 1. The van der Waals surface area contributed by atoms with Gasteiger partial charge in [-0.1, -0.05) is 18.3 Å². The van der Waals surface area contributed by atoms with Gasteiger partial charge in [0.2, 0.25) is 5.91 Å². The van der Waals surface area contributed by atoms with E-state index in [0.29, 0.717) is 34.1 Å². The number of carbonyl (C=O) groups excluding carboxylic acids is 3. The van der Waals surface area contributed by atoms with Gasteiger partial charge in [-0.25, -0.2) is 13.2 Å². The van der Waals surface area contributed by atoms with Crippen LogP contribution in [0.1, 0.15) is 37.0 Å². The van der Waals surface area contributed by atoms with Crippen LogP contribution in [0.4, 0.5) is 0 Å². The van der Waals surface area contributed by atoms with Gasteiger partial charge in [0, 0.05) is 20.1 Å². The molecule has 2 heterocycles. The summed E-state index contributed by atoms with van der Waals surface area (Å²) in [5.41, 5.74) is 1.12. The molecule has 2 amide bonds. The van der Waals surface area contributed by atoms with E-state index in [9.17, 15) is 22.8 Å². The van der Waals surface area contributed by atoms with Crippen LogP contribution in [0.3, 0.4) is 0 Å². The van der Waals surface area contributed by atoms with E-state index in [2.05, 4.69) is 4.99 Å². The van der Waals surface area contributed by atoms with Crippen molar-refractivity contribution >= 4 is 49.2 Å². The first-order valence-electron chi connectivity index (χ1n) is 10.4. The summed E-state index contributed by atoms with van der Waals surface area (Å²) >= 11 is 1.16. The molecule has 0 spiro atoms. The fourth-order valence-corrected chi connectivity index (χ4v) is 5.83. The number of hydrogen-bond donors (Lipinski definition) is 0. The Labute approximate surface area is 190 Å². The number of sulfone groups is 1. The van der Waals surface area contributed by atoms with Crippen LogP contribution < -0.4 is 4.80 Å². The zero-order valence-electron chi connectivity index (χ0n) is 18.4. The molecule has 32 heavy (non-hydrogen) atoms. The fraction of sp³-hybridized carbons (Fsp3) is 0.524. The first-order chi connectivity index (χ1) is 15.1. The Morgan fingerprint density at radius 2 is 2.00 bits per heavy atom. The third-order valence-corrected chi connectivity index (χ3v) is 7.71. The van der Waals surface area contributed by atoms with Crippen LogP contribution in [0, 0.1) is 5.92 Å². The third-order valence-electron chi connectivity index (χ3n) is 5.24. The summed E-state index contributed by atoms with van der Waals surface area (Å²) in [5, 5.41) is 0. The molecule has 1 atom stereocenters. The van der Waals surface area contributed by atoms with Crippen molar-refractivity contribution in [2.24, 2.45) is 18.0 Å². The zero-order chi connectivity index (χ0) is 23.5. The highest BCUT2D eigenvalue weighted by molar-refractivity contribution is 7.92. The van der Waals surface area contributed by atoms with Crippen molar-refractivity contribution in [2.45, 2.75) is 26.7 Å². The second-order valence-corrected chi connectivity index (χ2v) is 11.0. The standard InChI is InChI=1S/C21H27N3O6S2/c1-4-30-20(27)15-7-8-16-17(10-15)31-21(23(16)3)22-18(25)12-32(28,29)13-19(26)24-9-5-6-14(2)11-24/h7-8,10,14H,4-6,9,11-13H2,1-3H3. The maximum atomic E-state index is 12.4. The number of aromatic nitrogens is 1. The molecule has 2 aromatic rings. The van der Waals surface area contributed by atoms with E-state index in [-0.39, 0.29) is 6.61 Å². The average molecular weight is 482 g/mol. The van der Waals surface area contributed by atoms with Crippen LogP contribution in [-0.4, -0.2) is 66.9 Å². The third kappa shape index (κ3) is 5.83. The van der Waals surface area contributed by atoms with Gasteiger partial charge >= 0.3 is 5.97 Å². The van der Waals surface area contributed by atoms with Crippen LogP contribution >= 0.6 is 11.3 Å². The number of amides is 2. The van der Waals surface area contributed by atoms with Gasteiger partial charge in [-0.3, -0.25) is 9.59 Å². The van der Waals surface area contributed by atoms with E-state index in [1.165, 1.54) is 0 Å². The summed E-state index contributed by atoms with van der Waals surface area (Å²) in [6.45, 7) is 5.09. The minimum Gasteiger partial charge on any atom is -0.462 e. The monoisotopic (exact) mass is 481 g/mol. The van der Waals surface area contributed by atoms with E-state index in [4.69, 9.17) is 4.74 Å². The molecular formula is C21H27N3O6S2. The molecule has 1 aromatic heterocycles. The Bertz CT molecular complexity index is 1210. The lowest BCUT2D eigenvalue weighted by molar-refractivity contribution is -0.130. The molecular weight excluding hydrogens is 454 g/mol. The van der Waals surface area contributed by atoms with Crippen molar-refractivity contribution in [1.29, 1.82) is 0 Å². The molecule has 0 N–H and O–H groups in total. The van der Waals surface area contributed by atoms with Crippen LogP contribution in [0.25, 0.3) is 10.2 Å². The molecule has 1 aliphatic rings. The average Bonchev–Trinajstić information content (AvgIpc) is 3.02. The number of hydrogen-bond acceptors (Lipinski definition) is 7. The summed E-state index contributed by atoms with van der Waals surface area (Å²) in [4.78, 5) is 42.5. The van der Waals surface area contributed by atoms with Gasteiger partial charge in [-0.15, -0.1) is 0 Å². The smallest absolute Gasteiger partial charge is 0.338 e. The number of piperidine rings is 1. The lowest BCUT2D eigenvalue weighted by atomic mass is 10.0. The molecule has 0 saturated carbocycles. The van der Waals surface area contributed by atoms with Crippen molar-refractivity contribution in [3.8, 4) is 0 Å². The Kier molecular flexibility index (Phi) is 7.50. The molecule has 0 aliphatic carbocycles. The van der Waals surface area contributed by atoms with Gasteiger partial charge in [0.15, 0.2) is 14.6 Å². The molecule has 0 radical (unpaired) electrons. The van der Waals surface area contributed by atoms with Crippen LogP contribution in [0.15, 0.2) is 23.2 Å². The van der Waals surface area contributed by atoms with Crippen molar-refractivity contribution in [3.05, 3.63) is 28.6 Å². The Morgan fingerprint density at radius 1 is 1.25 bits per heavy atom. The van der Waals surface area contributed by atoms with Gasteiger partial charge in [-0.2, -0.15) is 4.99 Å². The maximum Gasteiger partial charge on any atom is 0.338 e. The van der Waals surface area contributed by atoms with Gasteiger partial charge in [0.05, 0.1) is 22.4 Å². The largest absolute Gasteiger partial charge is 0.462 e. The number of nitrogens with zero attached hydrogens (tertiary/aromatic N) is 3. The quantitative estimate of drug-likeness (QED) is 0.578. The highest BCUT2D eigenvalue weighted by atomic mass is 32.2. The fourth-order valence-electron chi connectivity index (χ4n) is 3.66. The normalized spacial score (nSPS) is 17.5. The highest BCUT2D eigenvalue weighted by Crippen LogP contribution is 2.19. The number of likely N-dealkylation sites (tertiary alicyclic amines) is 1. The Morgan fingerprint density at radius 3 is 2.69 bits per heavy atom. The summed E-state index contributed by atoms with van der Waals surface area (Å²) in [6.07, 6.45) is 1.86. The first-order valence-corrected chi connectivity index (χ1v) is 13.1. The van der Waals surface area contributed by atoms with E-state index >= 15 is 0 Å². The number of aryl methyl sites for hydroxylation is 1. The summed E-state index contributed by atoms with van der Waals surface area (Å²) in [7, 11) is -2.24. The van der Waals surface area contributed by atoms with Crippen LogP contribution in [-0.2, 0) is 31.2 Å². The second-order valence-electron chi connectivity index (χ2n) is 7.97. The number of rotatable bonds is 6.